The first kappa shape index (κ1) is 10.0. The van der Waals surface area contributed by atoms with Crippen molar-refractivity contribution in [3.8, 4) is 0 Å². The number of nitrogens with zero attached hydrogens (tertiary/aromatic N) is 1. The van der Waals surface area contributed by atoms with Gasteiger partial charge in [0.2, 0.25) is 0 Å². The Morgan fingerprint density at radius 2 is 1.69 bits per heavy atom. The minimum Gasteiger partial charge on any atom is -0.317 e. The molecule has 1 N–H and O–H groups in total. The summed E-state index contributed by atoms with van der Waals surface area (Å²) in [6, 6.07) is 2.95. The maximum absolute atomic E-state index is 12.2. The highest BCUT2D eigenvalue weighted by atomic mass is 19.3. The number of nitrogens with one attached hydrogen (secondary N) is 1. The Labute approximate surface area is 76.5 Å². The molecule has 74 valence electrons. The molecule has 0 fully saturated rings. The van der Waals surface area contributed by atoms with Gasteiger partial charge in [0.15, 0.2) is 0 Å². The minimum absolute atomic E-state index is 0.829. The summed E-state index contributed by atoms with van der Waals surface area (Å²) in [6.07, 6.45) is -2.35. The molecule has 0 amide bonds. The van der Waals surface area contributed by atoms with Crippen molar-refractivity contribution < 1.29 is 8.78 Å². The van der Waals surface area contributed by atoms with Gasteiger partial charge >= 0.3 is 0 Å². The van der Waals surface area contributed by atoms with Gasteiger partial charge in [0.05, 0.1) is 0 Å². The second kappa shape index (κ2) is 3.77. The van der Waals surface area contributed by atoms with Crippen molar-refractivity contribution in [3.05, 3.63) is 23.5 Å². The maximum atomic E-state index is 12.2. The van der Waals surface area contributed by atoms with E-state index < -0.39 is 12.5 Å². The molecule has 1 aromatic rings. The van der Waals surface area contributed by atoms with E-state index in [-0.39, 0.29) is 0 Å². The van der Waals surface area contributed by atoms with Crippen molar-refractivity contribution in [1.29, 1.82) is 0 Å². The van der Waals surface area contributed by atoms with Crippen LogP contribution in [0.25, 0.3) is 0 Å². The smallest absolute Gasteiger partial charge is 0.259 e. The lowest BCUT2D eigenvalue weighted by Crippen LogP contribution is -2.32. The van der Waals surface area contributed by atoms with Crippen LogP contribution < -0.4 is 5.43 Å². The fourth-order valence-corrected chi connectivity index (χ4v) is 1.13. The topological polar surface area (TPSA) is 17.0 Å². The third-order valence-corrected chi connectivity index (χ3v) is 1.98. The lowest BCUT2D eigenvalue weighted by Gasteiger charge is -2.18. The van der Waals surface area contributed by atoms with Crippen molar-refractivity contribution in [2.75, 3.05) is 5.43 Å². The van der Waals surface area contributed by atoms with Crippen LogP contribution in [0.3, 0.4) is 0 Å². The van der Waals surface area contributed by atoms with Crippen LogP contribution in [0.1, 0.15) is 18.3 Å². The number of aromatic nitrogens is 1. The first-order valence-corrected chi connectivity index (χ1v) is 4.22. The standard InChI is InChI=1S/C9H14F2N2/c1-6-4-5-7(2)13(6)12-8(3)9(10)11/h4-5,8-9,12H,1-3H3. The van der Waals surface area contributed by atoms with Crippen molar-refractivity contribution in [2.45, 2.75) is 33.2 Å². The molecule has 0 spiro atoms. The van der Waals surface area contributed by atoms with Crippen molar-refractivity contribution in [1.82, 2.24) is 4.68 Å². The molecule has 0 aliphatic rings. The highest BCUT2D eigenvalue weighted by Gasteiger charge is 2.14. The zero-order valence-electron chi connectivity index (χ0n) is 8.01. The number of aryl methyl sites for hydroxylation is 2. The van der Waals surface area contributed by atoms with Crippen molar-refractivity contribution in [2.24, 2.45) is 0 Å². The lowest BCUT2D eigenvalue weighted by atomic mass is 10.4. The van der Waals surface area contributed by atoms with E-state index in [1.807, 2.05) is 26.0 Å². The molecule has 13 heavy (non-hydrogen) atoms. The lowest BCUT2D eigenvalue weighted by molar-refractivity contribution is 0.125. The summed E-state index contributed by atoms with van der Waals surface area (Å²) in [6.45, 7) is 5.21. The minimum atomic E-state index is -2.35. The Bertz CT molecular complexity index is 262. The van der Waals surface area contributed by atoms with Gasteiger partial charge in [-0.1, -0.05) is 0 Å². The summed E-state index contributed by atoms with van der Waals surface area (Å²) in [7, 11) is 0. The van der Waals surface area contributed by atoms with Gasteiger partial charge < -0.3 is 5.43 Å². The maximum Gasteiger partial charge on any atom is 0.259 e. The normalized spacial score (nSPS) is 13.4. The van der Waals surface area contributed by atoms with E-state index in [9.17, 15) is 8.78 Å². The van der Waals surface area contributed by atoms with Crippen LogP contribution in [0.4, 0.5) is 8.78 Å². The third-order valence-electron chi connectivity index (χ3n) is 1.98. The molecule has 0 aliphatic carbocycles. The number of halogens is 2. The SMILES string of the molecule is Cc1ccc(C)n1NC(C)C(F)F. The zero-order valence-corrected chi connectivity index (χ0v) is 8.01. The second-order valence-electron chi connectivity index (χ2n) is 3.20. The summed E-state index contributed by atoms with van der Waals surface area (Å²) < 4.78 is 26.1. The Hall–Kier alpha value is -1.06. The molecule has 4 heteroatoms. The second-order valence-corrected chi connectivity index (χ2v) is 3.20. The van der Waals surface area contributed by atoms with Crippen LogP contribution in [0.15, 0.2) is 12.1 Å². The van der Waals surface area contributed by atoms with E-state index in [1.54, 1.807) is 4.68 Å². The van der Waals surface area contributed by atoms with Gasteiger partial charge in [-0.15, -0.1) is 0 Å². The van der Waals surface area contributed by atoms with E-state index in [2.05, 4.69) is 5.43 Å². The highest BCUT2D eigenvalue weighted by molar-refractivity contribution is 5.15. The average Bonchev–Trinajstić information content (AvgIpc) is 2.35. The quantitative estimate of drug-likeness (QED) is 0.770. The third kappa shape index (κ3) is 2.20. The monoisotopic (exact) mass is 188 g/mol. The highest BCUT2D eigenvalue weighted by Crippen LogP contribution is 2.07. The molecule has 0 bridgehead atoms. The van der Waals surface area contributed by atoms with Gasteiger partial charge in [0.1, 0.15) is 6.04 Å². The van der Waals surface area contributed by atoms with Crippen LogP contribution in [0.2, 0.25) is 0 Å². The molecular formula is C9H14F2N2. The molecule has 1 aromatic heterocycles. The Kier molecular flexibility index (Phi) is 2.90. The van der Waals surface area contributed by atoms with Crippen LogP contribution in [0, 0.1) is 13.8 Å². The van der Waals surface area contributed by atoms with Crippen LogP contribution >= 0.6 is 0 Å². The van der Waals surface area contributed by atoms with E-state index in [4.69, 9.17) is 0 Å². The predicted molar refractivity (Wildman–Crippen MR) is 48.7 cm³/mol. The zero-order chi connectivity index (χ0) is 10.0. The number of alkyl halides is 2. The molecule has 1 heterocycles. The molecule has 0 saturated heterocycles. The molecule has 1 rings (SSSR count). The first-order valence-electron chi connectivity index (χ1n) is 4.22. The number of hydrogen-bond donors (Lipinski definition) is 1. The fourth-order valence-electron chi connectivity index (χ4n) is 1.13. The van der Waals surface area contributed by atoms with Gasteiger partial charge in [0.25, 0.3) is 6.43 Å². The van der Waals surface area contributed by atoms with Gasteiger partial charge in [-0.05, 0) is 32.9 Å². The van der Waals surface area contributed by atoms with Gasteiger partial charge in [-0.3, -0.25) is 4.68 Å². The largest absolute Gasteiger partial charge is 0.317 e. The van der Waals surface area contributed by atoms with Crippen molar-refractivity contribution >= 4 is 0 Å². The molecule has 0 radical (unpaired) electrons. The van der Waals surface area contributed by atoms with Gasteiger partial charge in [-0.2, -0.15) is 0 Å². The summed E-state index contributed by atoms with van der Waals surface area (Å²) in [5.41, 5.74) is 4.59. The summed E-state index contributed by atoms with van der Waals surface area (Å²) in [5.74, 6) is 0. The van der Waals surface area contributed by atoms with Crippen molar-refractivity contribution in [3.63, 3.8) is 0 Å². The molecule has 0 aromatic carbocycles. The fraction of sp³-hybridized carbons (Fsp3) is 0.556. The summed E-state index contributed by atoms with van der Waals surface area (Å²) in [4.78, 5) is 0. The van der Waals surface area contributed by atoms with E-state index in [1.165, 1.54) is 6.92 Å². The predicted octanol–water partition coefficient (Wildman–Crippen LogP) is 2.30. The van der Waals surface area contributed by atoms with Gasteiger partial charge in [-0.25, -0.2) is 8.78 Å². The molecular weight excluding hydrogens is 174 g/mol. The first-order chi connectivity index (χ1) is 6.02. The Morgan fingerprint density at radius 3 is 2.08 bits per heavy atom. The number of hydrogen-bond acceptors (Lipinski definition) is 1. The summed E-state index contributed by atoms with van der Waals surface area (Å²) in [5, 5.41) is 0. The Balaban J connectivity index is 2.73. The molecule has 0 saturated carbocycles. The molecule has 1 unspecified atom stereocenters. The van der Waals surface area contributed by atoms with Gasteiger partial charge in [0, 0.05) is 11.4 Å². The average molecular weight is 188 g/mol. The molecule has 0 aliphatic heterocycles. The number of rotatable bonds is 3. The van der Waals surface area contributed by atoms with Crippen LogP contribution in [-0.4, -0.2) is 17.1 Å². The van der Waals surface area contributed by atoms with Crippen LogP contribution in [-0.2, 0) is 0 Å². The van der Waals surface area contributed by atoms with E-state index in [0.29, 0.717) is 0 Å². The Morgan fingerprint density at radius 1 is 1.23 bits per heavy atom. The molecule has 1 atom stereocenters. The van der Waals surface area contributed by atoms with E-state index in [0.717, 1.165) is 11.4 Å². The summed E-state index contributed by atoms with van der Waals surface area (Å²) >= 11 is 0. The van der Waals surface area contributed by atoms with Crippen LogP contribution in [0.5, 0.6) is 0 Å². The molecule has 2 nitrogen and oxygen atoms in total. The van der Waals surface area contributed by atoms with E-state index >= 15 is 0 Å².